The first-order chi connectivity index (χ1) is 11.0. The predicted molar refractivity (Wildman–Crippen MR) is 89.5 cm³/mol. The van der Waals surface area contributed by atoms with Gasteiger partial charge in [0.05, 0.1) is 11.5 Å². The van der Waals surface area contributed by atoms with E-state index < -0.39 is 11.0 Å². The molecule has 6 heteroatoms. The van der Waals surface area contributed by atoms with Gasteiger partial charge in [-0.25, -0.2) is 8.51 Å². The van der Waals surface area contributed by atoms with E-state index in [9.17, 15) is 9.00 Å². The molecule has 0 saturated heterocycles. The summed E-state index contributed by atoms with van der Waals surface area (Å²) < 4.78 is 19.3. The lowest BCUT2D eigenvalue weighted by atomic mass is 10.1. The summed E-state index contributed by atoms with van der Waals surface area (Å²) in [6.45, 7) is 2.26. The number of aromatic nitrogens is 1. The molecule has 0 saturated carbocycles. The molecule has 0 aliphatic rings. The number of benzene rings is 1. The van der Waals surface area contributed by atoms with Crippen LogP contribution in [0.15, 0.2) is 47.6 Å². The van der Waals surface area contributed by atoms with Crippen molar-refractivity contribution >= 4 is 16.8 Å². The van der Waals surface area contributed by atoms with Gasteiger partial charge in [0, 0.05) is 18.0 Å². The smallest absolute Gasteiger partial charge is 0.190 e. The molecule has 1 atom stereocenters. The van der Waals surface area contributed by atoms with Gasteiger partial charge in [-0.2, -0.15) is 0 Å². The minimum absolute atomic E-state index is 0.00781. The Hall–Kier alpha value is -1.89. The Kier molecular flexibility index (Phi) is 6.15. The monoisotopic (exact) mass is 332 g/mol. The number of rotatable bonds is 7. The van der Waals surface area contributed by atoms with E-state index in [0.717, 1.165) is 16.0 Å². The summed E-state index contributed by atoms with van der Waals surface area (Å²) in [4.78, 5) is 16.6. The lowest BCUT2D eigenvalue weighted by molar-refractivity contribution is 0.0725. The number of carbonyl (C=O) groups excluding carboxylic acids is 1. The van der Waals surface area contributed by atoms with Crippen molar-refractivity contribution in [3.8, 4) is 0 Å². The number of pyridine rings is 1. The van der Waals surface area contributed by atoms with Crippen LogP contribution in [0.25, 0.3) is 0 Å². The first-order valence-electron chi connectivity index (χ1n) is 7.18. The molecule has 5 nitrogen and oxygen atoms in total. The normalized spacial score (nSPS) is 12.3. The fourth-order valence-corrected chi connectivity index (χ4v) is 2.84. The Morgan fingerprint density at radius 2 is 2.09 bits per heavy atom. The van der Waals surface area contributed by atoms with Crippen LogP contribution in [0, 0.1) is 6.92 Å². The maximum absolute atomic E-state index is 12.1. The third kappa shape index (κ3) is 4.79. The molecule has 0 aliphatic carbocycles. The number of nitrogens with zero attached hydrogens (tertiary/aromatic N) is 2. The Balaban J connectivity index is 1.99. The second kappa shape index (κ2) is 8.10. The Bertz CT molecular complexity index is 702. The molecule has 0 spiro atoms. The van der Waals surface area contributed by atoms with Gasteiger partial charge in [0.1, 0.15) is 17.6 Å². The maximum Gasteiger partial charge on any atom is 0.190 e. The molecule has 0 N–H and O–H groups in total. The van der Waals surface area contributed by atoms with Crippen LogP contribution in [0.5, 0.6) is 0 Å². The van der Waals surface area contributed by atoms with Crippen molar-refractivity contribution in [2.24, 2.45) is 0 Å². The highest BCUT2D eigenvalue weighted by atomic mass is 32.2. The van der Waals surface area contributed by atoms with Crippen LogP contribution in [0.1, 0.15) is 21.5 Å². The summed E-state index contributed by atoms with van der Waals surface area (Å²) in [5.74, 6) is -0.108. The van der Waals surface area contributed by atoms with Gasteiger partial charge >= 0.3 is 0 Å². The summed E-state index contributed by atoms with van der Waals surface area (Å²) >= 11 is 0. The number of hydrogen-bond acceptors (Lipinski definition) is 4. The molecule has 0 radical (unpaired) electrons. The number of hydrogen-bond donors (Lipinski definition) is 0. The minimum atomic E-state index is -1.20. The number of ketones is 1. The zero-order valence-corrected chi connectivity index (χ0v) is 14.3. The van der Waals surface area contributed by atoms with Crippen LogP contribution in [-0.2, 0) is 22.3 Å². The van der Waals surface area contributed by atoms with Crippen LogP contribution in [-0.4, -0.2) is 40.0 Å². The Morgan fingerprint density at radius 1 is 1.30 bits per heavy atom. The van der Waals surface area contributed by atoms with Crippen molar-refractivity contribution < 1.29 is 13.7 Å². The third-order valence-electron chi connectivity index (χ3n) is 3.33. The summed E-state index contributed by atoms with van der Waals surface area (Å²) in [6, 6.07) is 9.05. The van der Waals surface area contributed by atoms with Gasteiger partial charge in [-0.15, -0.1) is 0 Å². The van der Waals surface area contributed by atoms with Crippen LogP contribution >= 0.6 is 0 Å². The average molecular weight is 332 g/mol. The highest BCUT2D eigenvalue weighted by molar-refractivity contribution is 7.82. The number of carbonyl (C=O) groups is 1. The van der Waals surface area contributed by atoms with Crippen LogP contribution in [0.4, 0.5) is 0 Å². The molecule has 23 heavy (non-hydrogen) atoms. The second-order valence-corrected chi connectivity index (χ2v) is 7.01. The fraction of sp³-hybridized carbons (Fsp3) is 0.294. The van der Waals surface area contributed by atoms with E-state index in [2.05, 4.69) is 4.98 Å². The number of ether oxygens (including phenoxy) is 1. The van der Waals surface area contributed by atoms with Gasteiger partial charge in [0.2, 0.25) is 0 Å². The van der Waals surface area contributed by atoms with Crippen LogP contribution in [0.2, 0.25) is 0 Å². The SMILES string of the molecule is Cc1ccc(S(=O)N(C)C)cc1COCC(=O)c1cccnc1. The zero-order valence-electron chi connectivity index (χ0n) is 13.5. The molecule has 0 aliphatic heterocycles. The molecule has 2 rings (SSSR count). The first kappa shape index (κ1) is 17.5. The van der Waals surface area contributed by atoms with E-state index in [1.807, 2.05) is 25.1 Å². The maximum atomic E-state index is 12.1. The van der Waals surface area contributed by atoms with Gasteiger partial charge < -0.3 is 4.74 Å². The second-order valence-electron chi connectivity index (χ2n) is 5.31. The van der Waals surface area contributed by atoms with Gasteiger partial charge in [0.15, 0.2) is 5.78 Å². The zero-order chi connectivity index (χ0) is 16.8. The van der Waals surface area contributed by atoms with E-state index in [4.69, 9.17) is 4.74 Å². The molecular formula is C17H20N2O3S. The molecule has 1 heterocycles. The van der Waals surface area contributed by atoms with Crippen molar-refractivity contribution in [2.45, 2.75) is 18.4 Å². The quantitative estimate of drug-likeness (QED) is 0.731. The standard InChI is InChI=1S/C17H20N2O3S/c1-13-6-7-16(23(21)19(2)3)9-15(13)11-22-12-17(20)14-5-4-8-18-10-14/h4-10H,11-12H2,1-3H3. The number of Topliss-reactive ketones (excluding diaryl/α,β-unsaturated/α-hetero) is 1. The van der Waals surface area contributed by atoms with Crippen molar-refractivity contribution in [2.75, 3.05) is 20.7 Å². The lowest BCUT2D eigenvalue weighted by Gasteiger charge is -2.12. The Labute approximate surface area is 138 Å². The first-order valence-corrected chi connectivity index (χ1v) is 8.29. The molecule has 2 aromatic rings. The van der Waals surface area contributed by atoms with E-state index in [0.29, 0.717) is 12.2 Å². The van der Waals surface area contributed by atoms with Crippen LogP contribution < -0.4 is 0 Å². The molecule has 1 aromatic carbocycles. The highest BCUT2D eigenvalue weighted by Gasteiger charge is 2.10. The fourth-order valence-electron chi connectivity index (χ4n) is 1.99. The highest BCUT2D eigenvalue weighted by Crippen LogP contribution is 2.16. The molecular weight excluding hydrogens is 312 g/mol. The summed E-state index contributed by atoms with van der Waals surface area (Å²) in [7, 11) is 2.33. The third-order valence-corrected chi connectivity index (χ3v) is 4.65. The van der Waals surface area contributed by atoms with Crippen LogP contribution in [0.3, 0.4) is 0 Å². The average Bonchev–Trinajstić information content (AvgIpc) is 2.56. The van der Waals surface area contributed by atoms with E-state index >= 15 is 0 Å². The lowest BCUT2D eigenvalue weighted by Crippen LogP contribution is -2.15. The largest absolute Gasteiger partial charge is 0.369 e. The van der Waals surface area contributed by atoms with Gasteiger partial charge in [-0.3, -0.25) is 9.78 Å². The predicted octanol–water partition coefficient (Wildman–Crippen LogP) is 2.37. The summed E-state index contributed by atoms with van der Waals surface area (Å²) in [5.41, 5.74) is 2.50. The molecule has 1 unspecified atom stereocenters. The summed E-state index contributed by atoms with van der Waals surface area (Å²) in [6.07, 6.45) is 3.15. The molecule has 0 bridgehead atoms. The van der Waals surface area contributed by atoms with Gasteiger partial charge in [0.25, 0.3) is 0 Å². The Morgan fingerprint density at radius 3 is 2.74 bits per heavy atom. The minimum Gasteiger partial charge on any atom is -0.369 e. The molecule has 1 aromatic heterocycles. The van der Waals surface area contributed by atoms with Crippen molar-refractivity contribution in [3.63, 3.8) is 0 Å². The van der Waals surface area contributed by atoms with Crippen molar-refractivity contribution in [1.29, 1.82) is 0 Å². The van der Waals surface area contributed by atoms with Crippen molar-refractivity contribution in [1.82, 2.24) is 9.29 Å². The van der Waals surface area contributed by atoms with Gasteiger partial charge in [-0.1, -0.05) is 6.07 Å². The molecule has 0 amide bonds. The summed E-state index contributed by atoms with van der Waals surface area (Å²) in [5, 5.41) is 0. The van der Waals surface area contributed by atoms with E-state index in [1.54, 1.807) is 36.7 Å². The molecule has 0 fully saturated rings. The van der Waals surface area contributed by atoms with Crippen molar-refractivity contribution in [3.05, 3.63) is 59.4 Å². The van der Waals surface area contributed by atoms with E-state index in [1.165, 1.54) is 6.20 Å². The number of aryl methyl sites for hydroxylation is 1. The topological polar surface area (TPSA) is 59.5 Å². The van der Waals surface area contributed by atoms with Gasteiger partial charge in [-0.05, 0) is 56.4 Å². The molecule has 122 valence electrons. The van der Waals surface area contributed by atoms with E-state index in [-0.39, 0.29) is 12.4 Å².